The van der Waals surface area contributed by atoms with E-state index in [1.807, 2.05) is 12.1 Å². The first-order valence-corrected chi connectivity index (χ1v) is 9.78. The maximum atomic E-state index is 12.7. The second-order valence-corrected chi connectivity index (χ2v) is 7.74. The number of rotatable bonds is 3. The molecule has 1 aliphatic carbocycles. The van der Waals surface area contributed by atoms with Crippen molar-refractivity contribution in [1.82, 2.24) is 19.8 Å². The first kappa shape index (κ1) is 18.7. The fraction of sp³-hybridized carbons (Fsp3) is 0.400. The molecule has 0 spiro atoms. The molecule has 1 aliphatic heterocycles. The summed E-state index contributed by atoms with van der Waals surface area (Å²) in [6.45, 7) is 3.16. The molecule has 4 rings (SSSR count). The number of hydrogen-bond acceptors (Lipinski definition) is 5. The quantitative estimate of drug-likeness (QED) is 0.857. The summed E-state index contributed by atoms with van der Waals surface area (Å²) in [5.74, 6) is 0.331. The van der Waals surface area contributed by atoms with Crippen molar-refractivity contribution in [1.29, 1.82) is 0 Å². The highest BCUT2D eigenvalue weighted by atomic mass is 35.5. The van der Waals surface area contributed by atoms with E-state index in [4.69, 9.17) is 11.6 Å². The highest BCUT2D eigenvalue weighted by Crippen LogP contribution is 2.26. The molecule has 8 heteroatoms. The summed E-state index contributed by atoms with van der Waals surface area (Å²) in [7, 11) is 0. The van der Waals surface area contributed by atoms with Gasteiger partial charge in [0.2, 0.25) is 11.9 Å². The molecular formula is C20H22ClN5O2. The van der Waals surface area contributed by atoms with Gasteiger partial charge in [0.25, 0.3) is 5.91 Å². The van der Waals surface area contributed by atoms with Crippen molar-refractivity contribution in [3.05, 3.63) is 52.3 Å². The number of benzene rings is 1. The van der Waals surface area contributed by atoms with E-state index < -0.39 is 0 Å². The second-order valence-electron chi connectivity index (χ2n) is 7.30. The monoisotopic (exact) mass is 399 g/mol. The summed E-state index contributed by atoms with van der Waals surface area (Å²) in [5.41, 5.74) is 2.96. The number of hydrogen-bond donors (Lipinski definition) is 1. The zero-order valence-electron chi connectivity index (χ0n) is 15.7. The summed E-state index contributed by atoms with van der Waals surface area (Å²) in [6, 6.07) is 6.18. The Morgan fingerprint density at radius 2 is 1.82 bits per heavy atom. The number of nitrogens with one attached hydrogen (secondary N) is 1. The maximum absolute atomic E-state index is 12.7. The van der Waals surface area contributed by atoms with E-state index in [0.717, 1.165) is 24.3 Å². The van der Waals surface area contributed by atoms with Gasteiger partial charge in [0.05, 0.1) is 12.2 Å². The lowest BCUT2D eigenvalue weighted by atomic mass is 10.1. The molecule has 1 aromatic heterocycles. The van der Waals surface area contributed by atoms with Crippen LogP contribution >= 0.6 is 11.6 Å². The molecule has 1 unspecified atom stereocenters. The molecule has 1 fully saturated rings. The number of carbonyl (C=O) groups excluding carboxylic acids is 2. The van der Waals surface area contributed by atoms with Gasteiger partial charge in [-0.3, -0.25) is 9.59 Å². The van der Waals surface area contributed by atoms with Gasteiger partial charge in [0.15, 0.2) is 0 Å². The van der Waals surface area contributed by atoms with Crippen molar-refractivity contribution >= 4 is 29.4 Å². The maximum Gasteiger partial charge on any atom is 0.258 e. The molecule has 0 radical (unpaired) electrons. The molecule has 7 nitrogen and oxygen atoms in total. The fourth-order valence-corrected chi connectivity index (χ4v) is 3.98. The molecule has 2 amide bonds. The van der Waals surface area contributed by atoms with E-state index in [-0.39, 0.29) is 17.9 Å². The molecule has 146 valence electrons. The van der Waals surface area contributed by atoms with Crippen LogP contribution in [0.4, 0.5) is 5.95 Å². The normalized spacial score (nSPS) is 18.7. The number of nitrogens with zero attached hydrogens (tertiary/aromatic N) is 4. The van der Waals surface area contributed by atoms with Crippen LogP contribution in [0.15, 0.2) is 30.6 Å². The average Bonchev–Trinajstić information content (AvgIpc) is 3.09. The first-order chi connectivity index (χ1) is 13.5. The standard InChI is InChI=1S/C20H22ClN5O2/c1-13(27)25-5-2-6-26(12-25)19(28)16-10-22-20(23-11-16)24-18-8-14-3-4-17(21)7-15(14)9-18/h3-4,7,10-11,18H,2,5-6,8-9,12H2,1H3,(H,22,23,24). The molecule has 2 heterocycles. The van der Waals surface area contributed by atoms with Crippen LogP contribution in [0.1, 0.15) is 34.8 Å². The third kappa shape index (κ3) is 3.94. The van der Waals surface area contributed by atoms with Gasteiger partial charge in [-0.1, -0.05) is 17.7 Å². The zero-order chi connectivity index (χ0) is 19.7. The summed E-state index contributed by atoms with van der Waals surface area (Å²) in [4.78, 5) is 36.2. The van der Waals surface area contributed by atoms with Crippen LogP contribution in [0.2, 0.25) is 5.02 Å². The molecule has 1 saturated heterocycles. The molecule has 28 heavy (non-hydrogen) atoms. The molecule has 1 N–H and O–H groups in total. The summed E-state index contributed by atoms with van der Waals surface area (Å²) >= 11 is 6.07. The Morgan fingerprint density at radius 3 is 2.57 bits per heavy atom. The van der Waals surface area contributed by atoms with Crippen molar-refractivity contribution in [3.8, 4) is 0 Å². The SMILES string of the molecule is CC(=O)N1CCCN(C(=O)c2cnc(NC3Cc4ccc(Cl)cc4C3)nc2)C1. The average molecular weight is 400 g/mol. The molecule has 1 atom stereocenters. The Morgan fingerprint density at radius 1 is 1.11 bits per heavy atom. The van der Waals surface area contributed by atoms with Crippen LogP contribution in [-0.2, 0) is 17.6 Å². The number of halogens is 1. The zero-order valence-corrected chi connectivity index (χ0v) is 16.4. The van der Waals surface area contributed by atoms with Gasteiger partial charge >= 0.3 is 0 Å². The Kier molecular flexibility index (Phi) is 5.17. The van der Waals surface area contributed by atoms with Crippen LogP contribution in [-0.4, -0.2) is 57.4 Å². The number of fused-ring (bicyclic) bond motifs is 1. The van der Waals surface area contributed by atoms with Gasteiger partial charge < -0.3 is 15.1 Å². The minimum Gasteiger partial charge on any atom is -0.351 e. The van der Waals surface area contributed by atoms with Crippen LogP contribution in [0.3, 0.4) is 0 Å². The number of carbonyl (C=O) groups is 2. The molecular weight excluding hydrogens is 378 g/mol. The molecule has 0 saturated carbocycles. The van der Waals surface area contributed by atoms with E-state index in [0.29, 0.717) is 31.3 Å². The highest BCUT2D eigenvalue weighted by molar-refractivity contribution is 6.30. The predicted molar refractivity (Wildman–Crippen MR) is 106 cm³/mol. The highest BCUT2D eigenvalue weighted by Gasteiger charge is 2.25. The lowest BCUT2D eigenvalue weighted by Gasteiger charge is -2.35. The van der Waals surface area contributed by atoms with Crippen molar-refractivity contribution < 1.29 is 9.59 Å². The van der Waals surface area contributed by atoms with E-state index >= 15 is 0 Å². The summed E-state index contributed by atoms with van der Waals surface area (Å²) in [5, 5.41) is 4.08. The Balaban J connectivity index is 1.38. The van der Waals surface area contributed by atoms with Crippen LogP contribution < -0.4 is 5.32 Å². The van der Waals surface area contributed by atoms with Gasteiger partial charge in [-0.25, -0.2) is 9.97 Å². The molecule has 2 aromatic rings. The lowest BCUT2D eigenvalue weighted by molar-refractivity contribution is -0.131. The smallest absolute Gasteiger partial charge is 0.258 e. The van der Waals surface area contributed by atoms with Crippen LogP contribution in [0, 0.1) is 0 Å². The summed E-state index contributed by atoms with van der Waals surface area (Å²) < 4.78 is 0. The van der Waals surface area contributed by atoms with Crippen LogP contribution in [0.5, 0.6) is 0 Å². The van der Waals surface area contributed by atoms with Crippen molar-refractivity contribution in [2.45, 2.75) is 32.2 Å². The topological polar surface area (TPSA) is 78.4 Å². The Hall–Kier alpha value is -2.67. The van der Waals surface area contributed by atoms with Crippen molar-refractivity contribution in [2.24, 2.45) is 0 Å². The minimum atomic E-state index is -0.152. The third-order valence-corrected chi connectivity index (χ3v) is 5.50. The van der Waals surface area contributed by atoms with E-state index in [9.17, 15) is 9.59 Å². The number of amides is 2. The van der Waals surface area contributed by atoms with E-state index in [1.54, 1.807) is 22.2 Å². The minimum absolute atomic E-state index is 0.0212. The van der Waals surface area contributed by atoms with E-state index in [2.05, 4.69) is 21.4 Å². The Labute approximate surface area is 168 Å². The van der Waals surface area contributed by atoms with Gasteiger partial charge in [0, 0.05) is 43.5 Å². The molecule has 0 bridgehead atoms. The van der Waals surface area contributed by atoms with Gasteiger partial charge in [0.1, 0.15) is 0 Å². The van der Waals surface area contributed by atoms with Gasteiger partial charge in [-0.15, -0.1) is 0 Å². The largest absolute Gasteiger partial charge is 0.351 e. The fourth-order valence-electron chi connectivity index (χ4n) is 3.79. The molecule has 2 aliphatic rings. The number of anilines is 1. The van der Waals surface area contributed by atoms with Crippen molar-refractivity contribution in [3.63, 3.8) is 0 Å². The first-order valence-electron chi connectivity index (χ1n) is 9.40. The van der Waals surface area contributed by atoms with Gasteiger partial charge in [-0.2, -0.15) is 0 Å². The Bertz CT molecular complexity index is 902. The second kappa shape index (κ2) is 7.75. The summed E-state index contributed by atoms with van der Waals surface area (Å²) in [6.07, 6.45) is 5.63. The molecule has 1 aromatic carbocycles. The van der Waals surface area contributed by atoms with Crippen LogP contribution in [0.25, 0.3) is 0 Å². The number of aromatic nitrogens is 2. The lowest BCUT2D eigenvalue weighted by Crippen LogP contribution is -2.49. The predicted octanol–water partition coefficient (Wildman–Crippen LogP) is 2.36. The third-order valence-electron chi connectivity index (χ3n) is 5.26. The van der Waals surface area contributed by atoms with E-state index in [1.165, 1.54) is 18.1 Å². The van der Waals surface area contributed by atoms with Gasteiger partial charge in [-0.05, 0) is 42.5 Å². The van der Waals surface area contributed by atoms with Crippen molar-refractivity contribution in [2.75, 3.05) is 25.1 Å².